The molecule has 5 nitrogen and oxygen atoms in total. The molecule has 98 valence electrons. The fourth-order valence-electron chi connectivity index (χ4n) is 2.20. The number of amidine groups is 1. The largest absolute Gasteiger partial charge is 0.409 e. The van der Waals surface area contributed by atoms with Crippen molar-refractivity contribution in [1.29, 1.82) is 0 Å². The number of anilines is 1. The van der Waals surface area contributed by atoms with E-state index in [9.17, 15) is 4.21 Å². The Bertz CT molecular complexity index is 492. The third-order valence-corrected chi connectivity index (χ3v) is 4.39. The van der Waals surface area contributed by atoms with Gasteiger partial charge in [-0.15, -0.1) is 0 Å². The molecule has 0 aliphatic carbocycles. The molecule has 1 fully saturated rings. The van der Waals surface area contributed by atoms with Gasteiger partial charge in [0, 0.05) is 41.0 Å². The second-order valence-corrected chi connectivity index (χ2v) is 5.99. The molecule has 0 aromatic heterocycles. The molecule has 1 aromatic carbocycles. The molecule has 0 radical (unpaired) electrons. The van der Waals surface area contributed by atoms with Crippen LogP contribution in [0, 0.1) is 6.92 Å². The van der Waals surface area contributed by atoms with Crippen molar-refractivity contribution in [3.05, 3.63) is 29.3 Å². The average Bonchev–Trinajstić information content (AvgIpc) is 2.39. The van der Waals surface area contributed by atoms with Crippen LogP contribution in [0.5, 0.6) is 0 Å². The quantitative estimate of drug-likeness (QED) is 0.357. The molecular formula is C12H17N3O2S. The number of nitrogens with zero attached hydrogens (tertiary/aromatic N) is 2. The first kappa shape index (κ1) is 12.9. The highest BCUT2D eigenvalue weighted by Crippen LogP contribution is 2.26. The highest BCUT2D eigenvalue weighted by atomic mass is 32.2. The minimum atomic E-state index is -0.713. The molecule has 0 atom stereocenters. The van der Waals surface area contributed by atoms with E-state index in [1.807, 2.05) is 25.1 Å². The Morgan fingerprint density at radius 2 is 2.11 bits per heavy atom. The third-order valence-electron chi connectivity index (χ3n) is 3.12. The van der Waals surface area contributed by atoms with Crippen LogP contribution in [0.4, 0.5) is 5.69 Å². The van der Waals surface area contributed by atoms with Crippen molar-refractivity contribution < 1.29 is 9.42 Å². The van der Waals surface area contributed by atoms with Gasteiger partial charge in [0.1, 0.15) is 0 Å². The Balaban J connectivity index is 2.39. The Kier molecular flexibility index (Phi) is 3.86. The molecule has 0 amide bonds. The third kappa shape index (κ3) is 2.48. The van der Waals surface area contributed by atoms with Gasteiger partial charge in [0.25, 0.3) is 0 Å². The molecule has 1 aliphatic heterocycles. The second-order valence-electron chi connectivity index (χ2n) is 4.29. The van der Waals surface area contributed by atoms with Crippen LogP contribution in [0.1, 0.15) is 11.1 Å². The summed E-state index contributed by atoms with van der Waals surface area (Å²) in [6, 6.07) is 5.71. The molecule has 0 spiro atoms. The summed E-state index contributed by atoms with van der Waals surface area (Å²) in [5, 5.41) is 11.9. The number of hydrogen-bond donors (Lipinski definition) is 2. The molecule has 2 rings (SSSR count). The van der Waals surface area contributed by atoms with Crippen molar-refractivity contribution in [3.8, 4) is 0 Å². The van der Waals surface area contributed by atoms with Gasteiger partial charge in [-0.3, -0.25) is 4.21 Å². The van der Waals surface area contributed by atoms with Crippen LogP contribution in [-0.2, 0) is 10.8 Å². The lowest BCUT2D eigenvalue weighted by Gasteiger charge is -2.31. The van der Waals surface area contributed by atoms with Crippen LogP contribution in [0.15, 0.2) is 23.4 Å². The van der Waals surface area contributed by atoms with Crippen LogP contribution >= 0.6 is 0 Å². The number of rotatable bonds is 2. The Labute approximate surface area is 109 Å². The summed E-state index contributed by atoms with van der Waals surface area (Å²) < 4.78 is 11.4. The first-order valence-electron chi connectivity index (χ1n) is 5.81. The Hall–Kier alpha value is -1.56. The molecule has 6 heteroatoms. The van der Waals surface area contributed by atoms with Crippen molar-refractivity contribution in [2.75, 3.05) is 29.5 Å². The summed E-state index contributed by atoms with van der Waals surface area (Å²) in [6.07, 6.45) is 0. The minimum absolute atomic E-state index is 0.111. The number of hydrogen-bond acceptors (Lipinski definition) is 4. The highest BCUT2D eigenvalue weighted by Gasteiger charge is 2.20. The van der Waals surface area contributed by atoms with Crippen molar-refractivity contribution in [2.24, 2.45) is 10.9 Å². The van der Waals surface area contributed by atoms with E-state index in [1.165, 1.54) is 0 Å². The van der Waals surface area contributed by atoms with Gasteiger partial charge in [-0.2, -0.15) is 0 Å². The number of para-hydroxylation sites is 1. The second kappa shape index (κ2) is 5.39. The normalized spacial score (nSPS) is 18.1. The molecule has 1 heterocycles. The van der Waals surface area contributed by atoms with Crippen molar-refractivity contribution in [2.45, 2.75) is 6.92 Å². The number of benzene rings is 1. The smallest absolute Gasteiger partial charge is 0.172 e. The van der Waals surface area contributed by atoms with E-state index in [0.29, 0.717) is 11.5 Å². The molecular weight excluding hydrogens is 250 g/mol. The molecule has 1 aromatic rings. The minimum Gasteiger partial charge on any atom is -0.409 e. The number of aryl methyl sites for hydroxylation is 1. The van der Waals surface area contributed by atoms with E-state index in [4.69, 9.17) is 10.9 Å². The number of nitrogens with two attached hydrogens (primary N) is 1. The van der Waals surface area contributed by atoms with Crippen molar-refractivity contribution in [3.63, 3.8) is 0 Å². The summed E-state index contributed by atoms with van der Waals surface area (Å²) in [5.74, 6) is 1.45. The fourth-order valence-corrected chi connectivity index (χ4v) is 3.25. The Morgan fingerprint density at radius 3 is 2.72 bits per heavy atom. The highest BCUT2D eigenvalue weighted by molar-refractivity contribution is 7.85. The summed E-state index contributed by atoms with van der Waals surface area (Å²) in [5.41, 5.74) is 8.49. The molecule has 1 saturated heterocycles. The maximum absolute atomic E-state index is 11.4. The van der Waals surface area contributed by atoms with Gasteiger partial charge < -0.3 is 15.8 Å². The molecule has 0 unspecified atom stereocenters. The van der Waals surface area contributed by atoms with Crippen LogP contribution in [0.25, 0.3) is 0 Å². The van der Waals surface area contributed by atoms with Gasteiger partial charge in [-0.25, -0.2) is 0 Å². The lowest BCUT2D eigenvalue weighted by atomic mass is 10.1. The first-order chi connectivity index (χ1) is 8.63. The summed E-state index contributed by atoms with van der Waals surface area (Å²) in [7, 11) is -0.713. The van der Waals surface area contributed by atoms with Crippen molar-refractivity contribution in [1.82, 2.24) is 0 Å². The fraction of sp³-hybridized carbons (Fsp3) is 0.417. The van der Waals surface area contributed by atoms with Crippen LogP contribution in [0.3, 0.4) is 0 Å². The van der Waals surface area contributed by atoms with E-state index in [-0.39, 0.29) is 5.84 Å². The lowest BCUT2D eigenvalue weighted by Crippen LogP contribution is -2.39. The molecule has 18 heavy (non-hydrogen) atoms. The van der Waals surface area contributed by atoms with Gasteiger partial charge in [-0.05, 0) is 18.6 Å². The summed E-state index contributed by atoms with van der Waals surface area (Å²) in [6.45, 7) is 3.47. The molecule has 1 aliphatic rings. The Morgan fingerprint density at radius 1 is 1.44 bits per heavy atom. The predicted molar refractivity (Wildman–Crippen MR) is 73.8 cm³/mol. The SMILES string of the molecule is Cc1cccc(/C(N)=N/O)c1N1CCS(=O)CC1. The van der Waals surface area contributed by atoms with Crippen molar-refractivity contribution >= 4 is 22.3 Å². The zero-order valence-corrected chi connectivity index (χ0v) is 11.1. The van der Waals surface area contributed by atoms with Gasteiger partial charge >= 0.3 is 0 Å². The van der Waals surface area contributed by atoms with E-state index in [0.717, 1.165) is 29.9 Å². The van der Waals surface area contributed by atoms with Crippen LogP contribution < -0.4 is 10.6 Å². The maximum atomic E-state index is 11.4. The monoisotopic (exact) mass is 267 g/mol. The zero-order valence-electron chi connectivity index (χ0n) is 10.3. The van der Waals surface area contributed by atoms with Crippen LogP contribution in [0.2, 0.25) is 0 Å². The lowest BCUT2D eigenvalue weighted by molar-refractivity contribution is 0.318. The van der Waals surface area contributed by atoms with Gasteiger partial charge in [0.15, 0.2) is 5.84 Å². The standard InChI is InChI=1S/C12H17N3O2S/c1-9-3-2-4-10(12(13)14-16)11(9)15-5-7-18(17)8-6-15/h2-4,16H,5-8H2,1H3,(H2,13,14). The maximum Gasteiger partial charge on any atom is 0.172 e. The van der Waals surface area contributed by atoms with Gasteiger partial charge in [0.05, 0.1) is 5.69 Å². The van der Waals surface area contributed by atoms with Crippen LogP contribution in [-0.4, -0.2) is 39.8 Å². The average molecular weight is 267 g/mol. The van der Waals surface area contributed by atoms with Gasteiger partial charge in [0.2, 0.25) is 0 Å². The number of oxime groups is 1. The van der Waals surface area contributed by atoms with E-state index in [1.54, 1.807) is 0 Å². The summed E-state index contributed by atoms with van der Waals surface area (Å²) >= 11 is 0. The molecule has 0 saturated carbocycles. The van der Waals surface area contributed by atoms with E-state index < -0.39 is 10.8 Å². The predicted octanol–water partition coefficient (Wildman–Crippen LogP) is 0.658. The molecule has 0 bridgehead atoms. The first-order valence-corrected chi connectivity index (χ1v) is 7.29. The summed E-state index contributed by atoms with van der Waals surface area (Å²) in [4.78, 5) is 2.16. The van der Waals surface area contributed by atoms with E-state index in [2.05, 4.69) is 10.1 Å². The zero-order chi connectivity index (χ0) is 13.1. The topological polar surface area (TPSA) is 78.9 Å². The van der Waals surface area contributed by atoms with Gasteiger partial charge in [-0.1, -0.05) is 17.3 Å². The van der Waals surface area contributed by atoms with E-state index >= 15 is 0 Å². The molecule has 3 N–H and O–H groups in total.